The highest BCUT2D eigenvalue weighted by atomic mass is 35.5. The molecule has 0 fully saturated rings. The van der Waals surface area contributed by atoms with Crippen LogP contribution in [0.25, 0.3) is 0 Å². The van der Waals surface area contributed by atoms with E-state index in [-0.39, 0.29) is 6.79 Å². The first-order valence-electron chi connectivity index (χ1n) is 6.50. The molecule has 1 aliphatic rings. The molecule has 3 rings (SSSR count). The quantitative estimate of drug-likeness (QED) is 0.808. The van der Waals surface area contributed by atoms with Crippen molar-refractivity contribution in [1.82, 2.24) is 5.32 Å². The van der Waals surface area contributed by atoms with Gasteiger partial charge in [0.05, 0.1) is 10.0 Å². The molecule has 0 atom stereocenters. The van der Waals surface area contributed by atoms with Crippen LogP contribution in [-0.4, -0.2) is 11.9 Å². The Morgan fingerprint density at radius 3 is 2.68 bits per heavy atom. The minimum atomic E-state index is 0.267. The Kier molecular flexibility index (Phi) is 4.57. The molecule has 0 spiro atoms. The largest absolute Gasteiger partial charge is 0.454 e. The number of hydrogen-bond acceptors (Lipinski definition) is 3. The summed E-state index contributed by atoms with van der Waals surface area (Å²) in [5, 5.41) is 7.65. The minimum absolute atomic E-state index is 0.267. The molecule has 1 heterocycles. The Morgan fingerprint density at radius 2 is 1.86 bits per heavy atom. The molecular formula is C15H12Cl2N2O2S. The molecule has 7 heteroatoms. The lowest BCUT2D eigenvalue weighted by Gasteiger charge is -2.11. The molecule has 0 saturated heterocycles. The smallest absolute Gasteiger partial charge is 0.231 e. The number of ether oxygens (including phenoxy) is 2. The van der Waals surface area contributed by atoms with E-state index < -0.39 is 0 Å². The first-order chi connectivity index (χ1) is 10.6. The van der Waals surface area contributed by atoms with Crippen molar-refractivity contribution in [1.29, 1.82) is 0 Å². The lowest BCUT2D eigenvalue weighted by Crippen LogP contribution is -2.27. The van der Waals surface area contributed by atoms with Crippen molar-refractivity contribution >= 4 is 46.2 Å². The summed E-state index contributed by atoms with van der Waals surface area (Å²) < 4.78 is 10.6. The van der Waals surface area contributed by atoms with Gasteiger partial charge in [-0.15, -0.1) is 0 Å². The molecule has 4 nitrogen and oxygen atoms in total. The number of halogens is 2. The molecule has 2 N–H and O–H groups in total. The molecule has 0 aliphatic carbocycles. The maximum atomic E-state index is 5.96. The molecule has 0 radical (unpaired) electrons. The van der Waals surface area contributed by atoms with E-state index in [1.807, 2.05) is 24.3 Å². The van der Waals surface area contributed by atoms with Gasteiger partial charge in [-0.05, 0) is 48.1 Å². The number of hydrogen-bond donors (Lipinski definition) is 2. The number of nitrogens with one attached hydrogen (secondary N) is 2. The van der Waals surface area contributed by atoms with E-state index in [0.717, 1.165) is 22.7 Å². The Morgan fingerprint density at radius 1 is 1.05 bits per heavy atom. The van der Waals surface area contributed by atoms with Crippen LogP contribution in [0, 0.1) is 0 Å². The first-order valence-corrected chi connectivity index (χ1v) is 7.67. The van der Waals surface area contributed by atoms with Crippen molar-refractivity contribution in [3.05, 3.63) is 52.0 Å². The van der Waals surface area contributed by atoms with Gasteiger partial charge in [-0.3, -0.25) is 0 Å². The van der Waals surface area contributed by atoms with Crippen LogP contribution in [0.15, 0.2) is 36.4 Å². The summed E-state index contributed by atoms with van der Waals surface area (Å²) in [4.78, 5) is 0. The molecule has 0 aromatic heterocycles. The van der Waals surface area contributed by atoms with E-state index in [2.05, 4.69) is 10.6 Å². The molecule has 0 bridgehead atoms. The number of fused-ring (bicyclic) bond motifs is 1. The van der Waals surface area contributed by atoms with Gasteiger partial charge in [0.25, 0.3) is 0 Å². The van der Waals surface area contributed by atoms with Crippen LogP contribution < -0.4 is 20.1 Å². The van der Waals surface area contributed by atoms with Gasteiger partial charge in [0.15, 0.2) is 16.6 Å². The lowest BCUT2D eigenvalue weighted by molar-refractivity contribution is 0.174. The lowest BCUT2D eigenvalue weighted by atomic mass is 10.2. The Bertz CT molecular complexity index is 725. The predicted molar refractivity (Wildman–Crippen MR) is 92.1 cm³/mol. The molecule has 0 saturated carbocycles. The van der Waals surface area contributed by atoms with Crippen LogP contribution >= 0.6 is 35.4 Å². The Balaban J connectivity index is 1.57. The molecule has 0 unspecified atom stereocenters. The molecule has 2 aromatic rings. The molecule has 1 aliphatic heterocycles. The third-order valence-electron chi connectivity index (χ3n) is 3.07. The van der Waals surface area contributed by atoms with Crippen molar-refractivity contribution in [2.45, 2.75) is 6.54 Å². The highest BCUT2D eigenvalue weighted by Gasteiger charge is 2.13. The zero-order valence-electron chi connectivity index (χ0n) is 11.4. The second-order valence-electron chi connectivity index (χ2n) is 4.62. The van der Waals surface area contributed by atoms with E-state index in [9.17, 15) is 0 Å². The van der Waals surface area contributed by atoms with Crippen molar-refractivity contribution in [2.75, 3.05) is 12.1 Å². The number of rotatable bonds is 3. The maximum Gasteiger partial charge on any atom is 0.231 e. The SMILES string of the molecule is S=C(NCc1ccc2c(c1)OCO2)Nc1ccc(Cl)c(Cl)c1. The normalized spacial score (nSPS) is 12.1. The zero-order chi connectivity index (χ0) is 15.5. The van der Waals surface area contributed by atoms with E-state index in [1.54, 1.807) is 12.1 Å². The summed E-state index contributed by atoms with van der Waals surface area (Å²) in [6.45, 7) is 0.841. The fraction of sp³-hybridized carbons (Fsp3) is 0.133. The minimum Gasteiger partial charge on any atom is -0.454 e. The van der Waals surface area contributed by atoms with Crippen LogP contribution in [0.5, 0.6) is 11.5 Å². The predicted octanol–water partition coefficient (Wildman–Crippen LogP) is 4.21. The van der Waals surface area contributed by atoms with E-state index in [4.69, 9.17) is 44.9 Å². The van der Waals surface area contributed by atoms with Crippen molar-refractivity contribution < 1.29 is 9.47 Å². The third-order valence-corrected chi connectivity index (χ3v) is 4.05. The van der Waals surface area contributed by atoms with Crippen molar-refractivity contribution in [3.8, 4) is 11.5 Å². The van der Waals surface area contributed by atoms with Gasteiger partial charge in [0.1, 0.15) is 0 Å². The summed E-state index contributed by atoms with van der Waals surface area (Å²) in [5.41, 5.74) is 1.82. The van der Waals surface area contributed by atoms with Crippen molar-refractivity contribution in [3.63, 3.8) is 0 Å². The molecule has 22 heavy (non-hydrogen) atoms. The third kappa shape index (κ3) is 3.55. The van der Waals surface area contributed by atoms with Gasteiger partial charge >= 0.3 is 0 Å². The van der Waals surface area contributed by atoms with Crippen molar-refractivity contribution in [2.24, 2.45) is 0 Å². The summed E-state index contributed by atoms with van der Waals surface area (Å²) in [5.74, 6) is 1.52. The fourth-order valence-corrected chi connectivity index (χ4v) is 2.47. The first kappa shape index (κ1) is 15.2. The number of anilines is 1. The molecule has 114 valence electrons. The molecular weight excluding hydrogens is 343 g/mol. The van der Waals surface area contributed by atoms with Gasteiger partial charge in [-0.1, -0.05) is 29.3 Å². The van der Waals surface area contributed by atoms with Gasteiger partial charge in [0, 0.05) is 12.2 Å². The topological polar surface area (TPSA) is 42.5 Å². The number of benzene rings is 2. The highest BCUT2D eigenvalue weighted by Crippen LogP contribution is 2.32. The monoisotopic (exact) mass is 354 g/mol. The average molecular weight is 355 g/mol. The number of thiocarbonyl (C=S) groups is 1. The second-order valence-corrected chi connectivity index (χ2v) is 5.85. The van der Waals surface area contributed by atoms with Gasteiger partial charge in [-0.25, -0.2) is 0 Å². The van der Waals surface area contributed by atoms with E-state index >= 15 is 0 Å². The zero-order valence-corrected chi connectivity index (χ0v) is 13.7. The summed E-state index contributed by atoms with van der Waals surface area (Å²) in [6.07, 6.45) is 0. The van der Waals surface area contributed by atoms with Gasteiger partial charge < -0.3 is 20.1 Å². The average Bonchev–Trinajstić information content (AvgIpc) is 2.96. The highest BCUT2D eigenvalue weighted by molar-refractivity contribution is 7.80. The van der Waals surface area contributed by atoms with E-state index in [1.165, 1.54) is 0 Å². The maximum absolute atomic E-state index is 5.96. The Hall–Kier alpha value is -1.69. The fourth-order valence-electron chi connectivity index (χ4n) is 1.98. The van der Waals surface area contributed by atoms with Crippen LogP contribution in [0.3, 0.4) is 0 Å². The van der Waals surface area contributed by atoms with Gasteiger partial charge in [0.2, 0.25) is 6.79 Å². The molecule has 2 aromatic carbocycles. The van der Waals surface area contributed by atoms with Crippen LogP contribution in [0.4, 0.5) is 5.69 Å². The summed E-state index contributed by atoms with van der Waals surface area (Å²) >= 11 is 17.1. The summed E-state index contributed by atoms with van der Waals surface area (Å²) in [6, 6.07) is 11.0. The second kappa shape index (κ2) is 6.60. The van der Waals surface area contributed by atoms with Gasteiger partial charge in [-0.2, -0.15) is 0 Å². The summed E-state index contributed by atoms with van der Waals surface area (Å²) in [7, 11) is 0. The standard InChI is InChI=1S/C15H12Cl2N2O2S/c16-11-3-2-10(6-12(11)17)19-15(22)18-7-9-1-4-13-14(5-9)21-8-20-13/h1-6H,7-8H2,(H2,18,19,22). The van der Waals surface area contributed by atoms with Crippen LogP contribution in [-0.2, 0) is 6.54 Å². The Labute approximate surface area is 143 Å². The van der Waals surface area contributed by atoms with Crippen LogP contribution in [0.1, 0.15) is 5.56 Å². The van der Waals surface area contributed by atoms with Crippen LogP contribution in [0.2, 0.25) is 10.0 Å². The molecule has 0 amide bonds. The van der Waals surface area contributed by atoms with E-state index in [0.29, 0.717) is 21.7 Å².